The summed E-state index contributed by atoms with van der Waals surface area (Å²) in [7, 11) is 0. The molecule has 0 saturated carbocycles. The van der Waals surface area contributed by atoms with Gasteiger partial charge >= 0.3 is 0 Å². The first-order chi connectivity index (χ1) is 8.99. The van der Waals surface area contributed by atoms with E-state index in [9.17, 15) is 8.78 Å². The first-order valence-electron chi connectivity index (χ1n) is 6.24. The van der Waals surface area contributed by atoms with Crippen LogP contribution < -0.4 is 5.73 Å². The van der Waals surface area contributed by atoms with Gasteiger partial charge in [-0.15, -0.1) is 0 Å². The SMILES string of the molecule is CCn1nc(C)cc1CC(N)c1cc(F)cc(F)c1. The Morgan fingerprint density at radius 1 is 1.21 bits per heavy atom. The Labute approximate surface area is 111 Å². The number of nitrogens with two attached hydrogens (primary N) is 1. The van der Waals surface area contributed by atoms with Crippen molar-refractivity contribution in [2.45, 2.75) is 32.9 Å². The number of rotatable bonds is 4. The number of hydrogen-bond acceptors (Lipinski definition) is 2. The molecule has 102 valence electrons. The van der Waals surface area contributed by atoms with Crippen molar-refractivity contribution in [1.29, 1.82) is 0 Å². The predicted molar refractivity (Wildman–Crippen MR) is 69.6 cm³/mol. The van der Waals surface area contributed by atoms with Gasteiger partial charge in [-0.2, -0.15) is 5.10 Å². The molecule has 0 aliphatic carbocycles. The highest BCUT2D eigenvalue weighted by Gasteiger charge is 2.13. The van der Waals surface area contributed by atoms with Crippen molar-refractivity contribution in [3.05, 3.63) is 52.9 Å². The van der Waals surface area contributed by atoms with Crippen LogP contribution in [0.25, 0.3) is 0 Å². The van der Waals surface area contributed by atoms with Crippen LogP contribution in [0.4, 0.5) is 8.78 Å². The van der Waals surface area contributed by atoms with E-state index in [2.05, 4.69) is 5.10 Å². The zero-order chi connectivity index (χ0) is 14.0. The summed E-state index contributed by atoms with van der Waals surface area (Å²) >= 11 is 0. The van der Waals surface area contributed by atoms with Crippen LogP contribution in [0.2, 0.25) is 0 Å². The molecule has 0 aliphatic heterocycles. The van der Waals surface area contributed by atoms with Crippen LogP contribution in [-0.4, -0.2) is 9.78 Å². The standard InChI is InChI=1S/C14H17F2N3/c1-3-19-13(4-9(2)18-19)8-14(17)10-5-11(15)7-12(16)6-10/h4-7,14H,3,8,17H2,1-2H3. The summed E-state index contributed by atoms with van der Waals surface area (Å²) in [4.78, 5) is 0. The molecule has 1 aromatic carbocycles. The van der Waals surface area contributed by atoms with Crippen LogP contribution in [0, 0.1) is 18.6 Å². The van der Waals surface area contributed by atoms with E-state index in [1.807, 2.05) is 24.6 Å². The van der Waals surface area contributed by atoms with Gasteiger partial charge in [-0.25, -0.2) is 8.78 Å². The van der Waals surface area contributed by atoms with E-state index in [1.165, 1.54) is 12.1 Å². The molecule has 0 bridgehead atoms. The lowest BCUT2D eigenvalue weighted by atomic mass is 10.0. The molecular weight excluding hydrogens is 248 g/mol. The third kappa shape index (κ3) is 3.17. The second kappa shape index (κ2) is 5.48. The minimum absolute atomic E-state index is 0.452. The Morgan fingerprint density at radius 2 is 1.84 bits per heavy atom. The summed E-state index contributed by atoms with van der Waals surface area (Å²) in [5, 5.41) is 4.32. The molecule has 0 amide bonds. The summed E-state index contributed by atoms with van der Waals surface area (Å²) in [6.07, 6.45) is 0.498. The molecule has 0 fully saturated rings. The van der Waals surface area contributed by atoms with Gasteiger partial charge in [0.15, 0.2) is 0 Å². The lowest BCUT2D eigenvalue weighted by Crippen LogP contribution is -2.16. The van der Waals surface area contributed by atoms with Crippen molar-refractivity contribution in [2.24, 2.45) is 5.73 Å². The zero-order valence-electron chi connectivity index (χ0n) is 11.0. The molecule has 0 radical (unpaired) electrons. The van der Waals surface area contributed by atoms with Crippen LogP contribution in [0.5, 0.6) is 0 Å². The summed E-state index contributed by atoms with van der Waals surface area (Å²) in [6.45, 7) is 4.64. The average Bonchev–Trinajstić information content (AvgIpc) is 2.68. The summed E-state index contributed by atoms with van der Waals surface area (Å²) in [5.74, 6) is -1.21. The van der Waals surface area contributed by atoms with E-state index in [0.717, 1.165) is 24.0 Å². The van der Waals surface area contributed by atoms with Crippen LogP contribution in [0.1, 0.15) is 29.9 Å². The molecule has 19 heavy (non-hydrogen) atoms. The largest absolute Gasteiger partial charge is 0.324 e. The van der Waals surface area contributed by atoms with Crippen LogP contribution in [-0.2, 0) is 13.0 Å². The van der Waals surface area contributed by atoms with Crippen molar-refractivity contribution < 1.29 is 8.78 Å². The predicted octanol–water partition coefficient (Wildman–Crippen LogP) is 2.73. The number of nitrogens with zero attached hydrogens (tertiary/aromatic N) is 2. The highest BCUT2D eigenvalue weighted by Crippen LogP contribution is 2.19. The highest BCUT2D eigenvalue weighted by atomic mass is 19.1. The first kappa shape index (κ1) is 13.7. The van der Waals surface area contributed by atoms with Gasteiger partial charge in [0.1, 0.15) is 11.6 Å². The molecule has 1 aromatic heterocycles. The lowest BCUT2D eigenvalue weighted by Gasteiger charge is -2.13. The number of aryl methyl sites for hydroxylation is 2. The second-order valence-electron chi connectivity index (χ2n) is 4.61. The Kier molecular flexibility index (Phi) is 3.95. The maximum Gasteiger partial charge on any atom is 0.126 e. The van der Waals surface area contributed by atoms with Crippen molar-refractivity contribution in [3.8, 4) is 0 Å². The van der Waals surface area contributed by atoms with Gasteiger partial charge in [-0.3, -0.25) is 4.68 Å². The van der Waals surface area contributed by atoms with Crippen LogP contribution in [0.15, 0.2) is 24.3 Å². The molecule has 0 spiro atoms. The van der Waals surface area contributed by atoms with Gasteiger partial charge in [0.05, 0.1) is 5.69 Å². The Balaban J connectivity index is 2.22. The van der Waals surface area contributed by atoms with Gasteiger partial charge in [0, 0.05) is 30.8 Å². The Bertz CT molecular complexity index is 558. The molecule has 0 saturated heterocycles. The molecule has 2 N–H and O–H groups in total. The molecule has 1 unspecified atom stereocenters. The quantitative estimate of drug-likeness (QED) is 0.923. The number of aromatic nitrogens is 2. The van der Waals surface area contributed by atoms with Crippen molar-refractivity contribution in [2.75, 3.05) is 0 Å². The molecule has 0 aliphatic rings. The minimum Gasteiger partial charge on any atom is -0.324 e. The minimum atomic E-state index is -0.606. The van der Waals surface area contributed by atoms with Gasteiger partial charge < -0.3 is 5.73 Å². The third-order valence-corrected chi connectivity index (χ3v) is 3.03. The molecule has 2 rings (SSSR count). The van der Waals surface area contributed by atoms with Crippen molar-refractivity contribution in [3.63, 3.8) is 0 Å². The Morgan fingerprint density at radius 3 is 2.42 bits per heavy atom. The maximum atomic E-state index is 13.2. The third-order valence-electron chi connectivity index (χ3n) is 3.03. The normalized spacial score (nSPS) is 12.7. The molecule has 1 atom stereocenters. The second-order valence-corrected chi connectivity index (χ2v) is 4.61. The number of hydrogen-bond donors (Lipinski definition) is 1. The van der Waals surface area contributed by atoms with Gasteiger partial charge in [0.25, 0.3) is 0 Å². The van der Waals surface area contributed by atoms with Crippen LogP contribution >= 0.6 is 0 Å². The highest BCUT2D eigenvalue weighted by molar-refractivity contribution is 5.23. The topological polar surface area (TPSA) is 43.8 Å². The smallest absolute Gasteiger partial charge is 0.126 e. The van der Waals surface area contributed by atoms with Crippen molar-refractivity contribution >= 4 is 0 Å². The average molecular weight is 265 g/mol. The fourth-order valence-corrected chi connectivity index (χ4v) is 2.17. The van der Waals surface area contributed by atoms with E-state index in [-0.39, 0.29) is 0 Å². The summed E-state index contributed by atoms with van der Waals surface area (Å²) in [6, 6.07) is 4.88. The fraction of sp³-hybridized carbons (Fsp3) is 0.357. The number of benzene rings is 1. The molecule has 2 aromatic rings. The van der Waals surface area contributed by atoms with Crippen molar-refractivity contribution in [1.82, 2.24) is 9.78 Å². The van der Waals surface area contributed by atoms with E-state index in [1.54, 1.807) is 0 Å². The van der Waals surface area contributed by atoms with E-state index in [4.69, 9.17) is 5.73 Å². The zero-order valence-corrected chi connectivity index (χ0v) is 11.0. The molecule has 5 heteroatoms. The van der Waals surface area contributed by atoms with E-state index in [0.29, 0.717) is 12.0 Å². The lowest BCUT2D eigenvalue weighted by molar-refractivity contribution is 0.562. The first-order valence-corrected chi connectivity index (χ1v) is 6.24. The van der Waals surface area contributed by atoms with E-state index >= 15 is 0 Å². The molecular formula is C14H17F2N3. The Hall–Kier alpha value is -1.75. The fourth-order valence-electron chi connectivity index (χ4n) is 2.17. The molecule has 1 heterocycles. The number of halogens is 2. The summed E-state index contributed by atoms with van der Waals surface area (Å²) in [5.41, 5.74) is 8.36. The molecule has 3 nitrogen and oxygen atoms in total. The summed E-state index contributed by atoms with van der Waals surface area (Å²) < 4.78 is 28.2. The van der Waals surface area contributed by atoms with Crippen LogP contribution in [0.3, 0.4) is 0 Å². The van der Waals surface area contributed by atoms with Gasteiger partial charge in [0.2, 0.25) is 0 Å². The van der Waals surface area contributed by atoms with E-state index < -0.39 is 17.7 Å². The van der Waals surface area contributed by atoms with Gasteiger partial charge in [-0.05, 0) is 37.6 Å². The van der Waals surface area contributed by atoms with Gasteiger partial charge in [-0.1, -0.05) is 0 Å². The maximum absolute atomic E-state index is 13.2. The monoisotopic (exact) mass is 265 g/mol.